The molecule has 0 radical (unpaired) electrons. The monoisotopic (exact) mass is 379 g/mol. The van der Waals surface area contributed by atoms with Crippen molar-refractivity contribution >= 4 is 11.8 Å². The number of carbonyl (C=O) groups is 2. The van der Waals surface area contributed by atoms with Gasteiger partial charge >= 0.3 is 0 Å². The van der Waals surface area contributed by atoms with Gasteiger partial charge in [0.25, 0.3) is 11.8 Å². The van der Waals surface area contributed by atoms with Crippen LogP contribution < -0.4 is 26.1 Å². The summed E-state index contributed by atoms with van der Waals surface area (Å²) in [5.74, 6) is 0.0332. The number of carbonyl (C=O) groups excluding carboxylic acids is 2. The Hall–Kier alpha value is -2.32. The number of hydrazine groups is 1. The fourth-order valence-corrected chi connectivity index (χ4v) is 3.33. The van der Waals surface area contributed by atoms with E-state index >= 15 is 0 Å². The Labute approximate surface area is 159 Å². The summed E-state index contributed by atoms with van der Waals surface area (Å²) in [6.45, 7) is 0. The first-order valence-electron chi connectivity index (χ1n) is 9.21. The van der Waals surface area contributed by atoms with Crippen molar-refractivity contribution in [3.05, 3.63) is 23.8 Å². The largest absolute Gasteiger partial charge is 0.497 e. The van der Waals surface area contributed by atoms with E-state index in [1.807, 2.05) is 0 Å². The van der Waals surface area contributed by atoms with Crippen LogP contribution in [0.15, 0.2) is 18.2 Å². The molecule has 0 aliphatic heterocycles. The lowest BCUT2D eigenvalue weighted by molar-refractivity contribution is -0.131. The molecule has 1 aromatic rings. The maximum Gasteiger partial charge on any atom is 0.269 e. The molecule has 8 heteroatoms. The Balaban J connectivity index is 1.87. The Morgan fingerprint density at radius 3 is 2.26 bits per heavy atom. The van der Waals surface area contributed by atoms with E-state index < -0.39 is 24.0 Å². The lowest BCUT2D eigenvalue weighted by Gasteiger charge is -2.26. The highest BCUT2D eigenvalue weighted by atomic mass is 16.5. The first-order chi connectivity index (χ1) is 12.9. The van der Waals surface area contributed by atoms with Gasteiger partial charge in [-0.25, -0.2) is 0 Å². The number of amides is 2. The number of benzene rings is 1. The van der Waals surface area contributed by atoms with Crippen LogP contribution in [0.1, 0.15) is 48.9 Å². The molecular weight excluding hydrogens is 350 g/mol. The van der Waals surface area contributed by atoms with Crippen molar-refractivity contribution in [1.29, 1.82) is 0 Å². The molecule has 0 spiro atoms. The van der Waals surface area contributed by atoms with Crippen LogP contribution in [-0.2, 0) is 4.79 Å². The summed E-state index contributed by atoms with van der Waals surface area (Å²) >= 11 is 0. The summed E-state index contributed by atoms with van der Waals surface area (Å²) in [6.07, 6.45) is 4.93. The van der Waals surface area contributed by atoms with E-state index in [0.29, 0.717) is 23.8 Å². The van der Waals surface area contributed by atoms with Crippen molar-refractivity contribution in [2.24, 2.45) is 11.7 Å². The maximum atomic E-state index is 12.2. The van der Waals surface area contributed by atoms with Crippen molar-refractivity contribution in [2.75, 3.05) is 14.2 Å². The van der Waals surface area contributed by atoms with E-state index in [9.17, 15) is 14.7 Å². The quantitative estimate of drug-likeness (QED) is 0.527. The first kappa shape index (κ1) is 21.0. The van der Waals surface area contributed by atoms with Gasteiger partial charge in [-0.05, 0) is 24.5 Å². The van der Waals surface area contributed by atoms with Crippen LogP contribution in [0, 0.1) is 5.92 Å². The molecule has 5 N–H and O–H groups in total. The molecule has 2 rings (SSSR count). The highest BCUT2D eigenvalue weighted by Gasteiger charge is 2.27. The number of nitrogens with two attached hydrogens (primary N) is 1. The normalized spacial score (nSPS) is 16.9. The smallest absolute Gasteiger partial charge is 0.269 e. The number of methoxy groups -OCH3 is 2. The van der Waals surface area contributed by atoms with E-state index in [-0.39, 0.29) is 5.56 Å². The van der Waals surface area contributed by atoms with Crippen molar-refractivity contribution < 1.29 is 24.2 Å². The number of nitrogens with one attached hydrogen (secondary N) is 2. The summed E-state index contributed by atoms with van der Waals surface area (Å²) < 4.78 is 10.2. The van der Waals surface area contributed by atoms with E-state index in [1.54, 1.807) is 6.07 Å². The zero-order chi connectivity index (χ0) is 19.8. The minimum Gasteiger partial charge on any atom is -0.497 e. The van der Waals surface area contributed by atoms with Gasteiger partial charge in [0.1, 0.15) is 17.6 Å². The van der Waals surface area contributed by atoms with Crippen LogP contribution in [0.25, 0.3) is 0 Å². The second kappa shape index (κ2) is 10.1. The molecule has 150 valence electrons. The van der Waals surface area contributed by atoms with Gasteiger partial charge < -0.3 is 20.3 Å². The lowest BCUT2D eigenvalue weighted by atomic mass is 9.84. The number of rotatable bonds is 7. The van der Waals surface area contributed by atoms with Gasteiger partial charge in [0.2, 0.25) is 0 Å². The minimum absolute atomic E-state index is 0.243. The summed E-state index contributed by atoms with van der Waals surface area (Å²) in [7, 11) is 2.95. The maximum absolute atomic E-state index is 12.2. The predicted molar refractivity (Wildman–Crippen MR) is 100 cm³/mol. The van der Waals surface area contributed by atoms with Gasteiger partial charge in [0.15, 0.2) is 0 Å². The van der Waals surface area contributed by atoms with E-state index in [2.05, 4.69) is 10.9 Å². The Bertz CT molecular complexity index is 624. The predicted octanol–water partition coefficient (Wildman–Crippen LogP) is 1.12. The average molecular weight is 379 g/mol. The molecule has 2 atom stereocenters. The third-order valence-corrected chi connectivity index (χ3v) is 4.92. The molecule has 1 aliphatic carbocycles. The molecule has 0 saturated heterocycles. The van der Waals surface area contributed by atoms with Crippen LogP contribution in [0.5, 0.6) is 11.5 Å². The van der Waals surface area contributed by atoms with Gasteiger partial charge in [-0.1, -0.05) is 32.1 Å². The molecule has 2 unspecified atom stereocenters. The average Bonchev–Trinajstić information content (AvgIpc) is 2.71. The van der Waals surface area contributed by atoms with Crippen molar-refractivity contribution in [2.45, 2.75) is 50.7 Å². The molecule has 0 aromatic heterocycles. The molecule has 8 nitrogen and oxygen atoms in total. The Morgan fingerprint density at radius 1 is 1.11 bits per heavy atom. The number of hydrogen-bond donors (Lipinski definition) is 4. The third kappa shape index (κ3) is 6.11. The summed E-state index contributed by atoms with van der Waals surface area (Å²) in [5.41, 5.74) is 10.7. The highest BCUT2D eigenvalue weighted by molar-refractivity contribution is 5.96. The second-order valence-corrected chi connectivity index (χ2v) is 6.89. The van der Waals surface area contributed by atoms with Gasteiger partial charge in [0, 0.05) is 17.7 Å². The molecule has 1 aliphatic rings. The van der Waals surface area contributed by atoms with Crippen molar-refractivity contribution in [3.8, 4) is 11.5 Å². The molecule has 0 bridgehead atoms. The van der Waals surface area contributed by atoms with Crippen molar-refractivity contribution in [3.63, 3.8) is 0 Å². The van der Waals surface area contributed by atoms with E-state index in [1.165, 1.54) is 45.6 Å². The zero-order valence-corrected chi connectivity index (χ0v) is 15.9. The van der Waals surface area contributed by atoms with Gasteiger partial charge in [-0.2, -0.15) is 0 Å². The number of aliphatic hydroxyl groups is 1. The number of ether oxygens (including phenoxy) is 2. The fourth-order valence-electron chi connectivity index (χ4n) is 3.33. The van der Waals surface area contributed by atoms with Crippen LogP contribution >= 0.6 is 0 Å². The van der Waals surface area contributed by atoms with E-state index in [4.69, 9.17) is 15.2 Å². The summed E-state index contributed by atoms with van der Waals surface area (Å²) in [4.78, 5) is 24.3. The van der Waals surface area contributed by atoms with E-state index in [0.717, 1.165) is 12.8 Å². The first-order valence-corrected chi connectivity index (χ1v) is 9.21. The second-order valence-electron chi connectivity index (χ2n) is 6.89. The van der Waals surface area contributed by atoms with Crippen molar-refractivity contribution in [1.82, 2.24) is 10.9 Å². The topological polar surface area (TPSA) is 123 Å². The summed E-state index contributed by atoms with van der Waals surface area (Å²) in [6, 6.07) is 3.98. The van der Waals surface area contributed by atoms with Crippen LogP contribution in [0.3, 0.4) is 0 Å². The minimum atomic E-state index is -1.38. The molecule has 0 heterocycles. The van der Waals surface area contributed by atoms with Crippen LogP contribution in [-0.4, -0.2) is 43.3 Å². The molecule has 1 aromatic carbocycles. The zero-order valence-electron chi connectivity index (χ0n) is 15.9. The molecule has 27 heavy (non-hydrogen) atoms. The number of hydrogen-bond acceptors (Lipinski definition) is 6. The standard InChI is InChI=1S/C19H29N3O5/c1-26-14-9-13(10-15(11-14)27-2)18(24)21-22-19(25)17(23)16(20)8-12-6-4-3-5-7-12/h9-12,16-17,23H,3-8,20H2,1-2H3,(H,21,24)(H,22,25). The summed E-state index contributed by atoms with van der Waals surface area (Å²) in [5, 5.41) is 10.1. The lowest BCUT2D eigenvalue weighted by Crippen LogP contribution is -2.52. The molecular formula is C19H29N3O5. The SMILES string of the molecule is COc1cc(OC)cc(C(=O)NNC(=O)C(O)C(N)CC2CCCCC2)c1. The molecule has 2 amide bonds. The highest BCUT2D eigenvalue weighted by Crippen LogP contribution is 2.27. The fraction of sp³-hybridized carbons (Fsp3) is 0.579. The Kier molecular flexibility index (Phi) is 7.87. The Morgan fingerprint density at radius 2 is 1.70 bits per heavy atom. The van der Waals surface area contributed by atoms with Gasteiger partial charge in [-0.3, -0.25) is 20.4 Å². The van der Waals surface area contributed by atoms with Gasteiger partial charge in [0.05, 0.1) is 14.2 Å². The molecule has 1 fully saturated rings. The van der Waals surface area contributed by atoms with Crippen LogP contribution in [0.2, 0.25) is 0 Å². The van der Waals surface area contributed by atoms with Crippen LogP contribution in [0.4, 0.5) is 0 Å². The van der Waals surface area contributed by atoms with Gasteiger partial charge in [-0.15, -0.1) is 0 Å². The number of aliphatic hydroxyl groups excluding tert-OH is 1. The third-order valence-electron chi connectivity index (χ3n) is 4.92. The molecule has 1 saturated carbocycles.